The normalized spacial score (nSPS) is 15.0. The summed E-state index contributed by atoms with van der Waals surface area (Å²) in [4.78, 5) is 0. The van der Waals surface area contributed by atoms with Crippen LogP contribution in [0.3, 0.4) is 0 Å². The topological polar surface area (TPSA) is 58.9 Å². The molecule has 0 bridgehead atoms. The highest BCUT2D eigenvalue weighted by atomic mass is 16.5. The van der Waals surface area contributed by atoms with Crippen molar-refractivity contribution in [2.24, 2.45) is 0 Å². The fourth-order valence-corrected chi connectivity index (χ4v) is 3.28. The van der Waals surface area contributed by atoms with E-state index in [0.717, 1.165) is 48.1 Å². The Balaban J connectivity index is 3.26. The van der Waals surface area contributed by atoms with Crippen molar-refractivity contribution in [1.82, 2.24) is 0 Å². The van der Waals surface area contributed by atoms with Crippen LogP contribution in [0.15, 0.2) is 0 Å². The van der Waals surface area contributed by atoms with Crippen LogP contribution in [0.4, 0.5) is 0 Å². The Hall–Kier alpha value is -0.240. The van der Waals surface area contributed by atoms with Crippen LogP contribution in [0.2, 0.25) is 0 Å². The van der Waals surface area contributed by atoms with Crippen molar-refractivity contribution in [3.8, 4) is 0 Å². The smallest absolute Gasteiger partial charge is 0.126 e. The zero-order chi connectivity index (χ0) is 21.5. The lowest BCUT2D eigenvalue weighted by molar-refractivity contribution is -0.873. The predicted molar refractivity (Wildman–Crippen MR) is 116 cm³/mol. The van der Waals surface area contributed by atoms with E-state index >= 15 is 0 Å². The van der Waals surface area contributed by atoms with Crippen LogP contribution >= 0.6 is 0 Å². The summed E-state index contributed by atoms with van der Waals surface area (Å²) >= 11 is 0. The number of hydrogen-bond donors (Lipinski definition) is 2. The minimum atomic E-state index is -0.370. The molecular weight excluding hydrogens is 356 g/mol. The summed E-state index contributed by atoms with van der Waals surface area (Å²) in [5.74, 6) is 0. The number of aliphatic hydroxyl groups excluding tert-OH is 2. The van der Waals surface area contributed by atoms with E-state index in [2.05, 4.69) is 42.3 Å². The number of rotatable bonds is 19. The highest BCUT2D eigenvalue weighted by Gasteiger charge is 2.15. The van der Waals surface area contributed by atoms with Crippen molar-refractivity contribution >= 4 is 0 Å². The SMILES string of the molecule is C[N+](C)(C)CC(O)COCCCCCCCCCCOCC(O)C[N+](C)(C)C. The first kappa shape index (κ1) is 27.8. The molecule has 0 amide bonds. The summed E-state index contributed by atoms with van der Waals surface area (Å²) in [7, 11) is 12.5. The third kappa shape index (κ3) is 22.1. The zero-order valence-corrected chi connectivity index (χ0v) is 19.7. The van der Waals surface area contributed by atoms with E-state index in [4.69, 9.17) is 9.47 Å². The first-order chi connectivity index (χ1) is 13.0. The summed E-state index contributed by atoms with van der Waals surface area (Å²) < 4.78 is 12.7. The summed E-state index contributed by atoms with van der Waals surface area (Å²) in [6, 6.07) is 0. The number of ether oxygens (including phenoxy) is 2. The third-order valence-electron chi connectivity index (χ3n) is 4.46. The summed E-state index contributed by atoms with van der Waals surface area (Å²) in [6.45, 7) is 3.86. The summed E-state index contributed by atoms with van der Waals surface area (Å²) in [5, 5.41) is 19.7. The van der Waals surface area contributed by atoms with E-state index in [1.165, 1.54) is 38.5 Å². The van der Waals surface area contributed by atoms with Crippen molar-refractivity contribution in [2.75, 3.05) is 81.8 Å². The van der Waals surface area contributed by atoms with Gasteiger partial charge in [0.25, 0.3) is 0 Å². The molecule has 0 saturated heterocycles. The van der Waals surface area contributed by atoms with Gasteiger partial charge in [0.1, 0.15) is 25.3 Å². The lowest BCUT2D eigenvalue weighted by atomic mass is 10.1. The van der Waals surface area contributed by atoms with Crippen LogP contribution in [0, 0.1) is 0 Å². The second-order valence-electron chi connectivity index (χ2n) is 10.2. The van der Waals surface area contributed by atoms with Gasteiger partial charge >= 0.3 is 0 Å². The van der Waals surface area contributed by atoms with Crippen LogP contribution in [0.25, 0.3) is 0 Å². The standard InChI is InChI=1S/C22H50N2O4/c1-23(2,3)17-21(25)19-27-15-13-11-9-7-8-10-12-14-16-28-20-22(26)18-24(4,5)6/h21-22,25-26H,7-20H2,1-6H3/q+2. The Kier molecular flexibility index (Phi) is 15.4. The van der Waals surface area contributed by atoms with E-state index in [-0.39, 0.29) is 12.2 Å². The maximum Gasteiger partial charge on any atom is 0.126 e. The highest BCUT2D eigenvalue weighted by Crippen LogP contribution is 2.09. The Morgan fingerprint density at radius 2 is 0.821 bits per heavy atom. The molecule has 0 aliphatic heterocycles. The lowest BCUT2D eigenvalue weighted by Crippen LogP contribution is -2.43. The fourth-order valence-electron chi connectivity index (χ4n) is 3.28. The molecular formula is C22H50N2O4+2. The molecule has 0 heterocycles. The molecule has 0 aromatic rings. The van der Waals surface area contributed by atoms with Crippen LogP contribution in [-0.4, -0.2) is 113 Å². The largest absolute Gasteiger partial charge is 0.385 e. The molecule has 0 aliphatic rings. The van der Waals surface area contributed by atoms with E-state index < -0.39 is 0 Å². The van der Waals surface area contributed by atoms with Crippen LogP contribution in [-0.2, 0) is 9.47 Å². The first-order valence-electron chi connectivity index (χ1n) is 11.1. The van der Waals surface area contributed by atoms with Crippen molar-refractivity contribution in [1.29, 1.82) is 0 Å². The van der Waals surface area contributed by atoms with E-state index in [9.17, 15) is 10.2 Å². The molecule has 0 aromatic heterocycles. The Morgan fingerprint density at radius 3 is 1.11 bits per heavy atom. The van der Waals surface area contributed by atoms with Crippen molar-refractivity contribution in [3.63, 3.8) is 0 Å². The van der Waals surface area contributed by atoms with Gasteiger partial charge in [0.2, 0.25) is 0 Å². The minimum absolute atomic E-state index is 0.370. The van der Waals surface area contributed by atoms with Gasteiger partial charge in [-0.15, -0.1) is 0 Å². The zero-order valence-electron chi connectivity index (χ0n) is 19.7. The number of aliphatic hydroxyl groups is 2. The molecule has 2 N–H and O–H groups in total. The molecule has 0 fully saturated rings. The second-order valence-corrected chi connectivity index (χ2v) is 10.2. The quantitative estimate of drug-likeness (QED) is 0.255. The summed E-state index contributed by atoms with van der Waals surface area (Å²) in [5.41, 5.74) is 0. The molecule has 2 unspecified atom stereocenters. The molecule has 28 heavy (non-hydrogen) atoms. The van der Waals surface area contributed by atoms with Gasteiger partial charge in [0.15, 0.2) is 0 Å². The lowest BCUT2D eigenvalue weighted by Gasteiger charge is -2.26. The molecule has 0 spiro atoms. The van der Waals surface area contributed by atoms with Crippen LogP contribution < -0.4 is 0 Å². The predicted octanol–water partition coefficient (Wildman–Crippen LogP) is 2.27. The number of quaternary nitrogens is 2. The third-order valence-corrected chi connectivity index (χ3v) is 4.46. The fraction of sp³-hybridized carbons (Fsp3) is 1.00. The number of hydrogen-bond acceptors (Lipinski definition) is 4. The highest BCUT2D eigenvalue weighted by molar-refractivity contribution is 4.53. The monoisotopic (exact) mass is 406 g/mol. The van der Waals surface area contributed by atoms with E-state index in [1.807, 2.05) is 0 Å². The molecule has 170 valence electrons. The Bertz CT molecular complexity index is 319. The molecule has 6 nitrogen and oxygen atoms in total. The van der Waals surface area contributed by atoms with Gasteiger partial charge in [0.05, 0.1) is 55.5 Å². The Labute approximate surface area is 174 Å². The maximum absolute atomic E-state index is 9.87. The molecule has 6 heteroatoms. The average Bonchev–Trinajstić information content (AvgIpc) is 2.51. The molecule has 0 radical (unpaired) electrons. The molecule has 0 aliphatic carbocycles. The van der Waals surface area contributed by atoms with E-state index in [1.54, 1.807) is 0 Å². The summed E-state index contributed by atoms with van der Waals surface area (Å²) in [6.07, 6.45) is 8.94. The van der Waals surface area contributed by atoms with Gasteiger partial charge < -0.3 is 28.7 Å². The second kappa shape index (κ2) is 15.6. The van der Waals surface area contributed by atoms with Gasteiger partial charge in [-0.25, -0.2) is 0 Å². The molecule has 2 atom stereocenters. The molecule has 0 saturated carbocycles. The van der Waals surface area contributed by atoms with Gasteiger partial charge in [-0.05, 0) is 12.8 Å². The Morgan fingerprint density at radius 1 is 0.536 bits per heavy atom. The number of unbranched alkanes of at least 4 members (excludes halogenated alkanes) is 7. The minimum Gasteiger partial charge on any atom is -0.385 e. The number of likely N-dealkylation sites (N-methyl/N-ethyl adjacent to an activating group) is 2. The van der Waals surface area contributed by atoms with Gasteiger partial charge in [-0.1, -0.05) is 38.5 Å². The maximum atomic E-state index is 9.87. The molecule has 0 rings (SSSR count). The van der Waals surface area contributed by atoms with Crippen molar-refractivity contribution < 1.29 is 28.7 Å². The van der Waals surface area contributed by atoms with Crippen LogP contribution in [0.5, 0.6) is 0 Å². The van der Waals surface area contributed by atoms with Crippen molar-refractivity contribution in [3.05, 3.63) is 0 Å². The molecule has 0 aromatic carbocycles. The van der Waals surface area contributed by atoms with Crippen LogP contribution in [0.1, 0.15) is 51.4 Å². The van der Waals surface area contributed by atoms with Crippen molar-refractivity contribution in [2.45, 2.75) is 63.6 Å². The first-order valence-corrected chi connectivity index (χ1v) is 11.1. The average molecular weight is 407 g/mol. The van der Waals surface area contributed by atoms with Gasteiger partial charge in [0, 0.05) is 13.2 Å². The van der Waals surface area contributed by atoms with Gasteiger partial charge in [-0.2, -0.15) is 0 Å². The number of nitrogens with zero attached hydrogens (tertiary/aromatic N) is 2. The van der Waals surface area contributed by atoms with Gasteiger partial charge in [-0.3, -0.25) is 0 Å². The van der Waals surface area contributed by atoms with E-state index in [0.29, 0.717) is 13.2 Å².